The summed E-state index contributed by atoms with van der Waals surface area (Å²) in [5, 5.41) is 26.0. The summed E-state index contributed by atoms with van der Waals surface area (Å²) in [6.45, 7) is 4.98. The summed E-state index contributed by atoms with van der Waals surface area (Å²) in [7, 11) is 1.63. The van der Waals surface area contributed by atoms with Gasteiger partial charge in [0.2, 0.25) is 0 Å². The van der Waals surface area contributed by atoms with Crippen LogP contribution in [0.1, 0.15) is 50.2 Å². The average Bonchev–Trinajstić information content (AvgIpc) is 3.43. The summed E-state index contributed by atoms with van der Waals surface area (Å²) in [4.78, 5) is 40.8. The molecule has 2 aliphatic heterocycles. The number of hydrogen-bond acceptors (Lipinski definition) is 7. The molecule has 2 atom stereocenters. The molecule has 2 bridgehead atoms. The molecule has 43 heavy (non-hydrogen) atoms. The second kappa shape index (κ2) is 12.0. The van der Waals surface area contributed by atoms with Gasteiger partial charge in [0.05, 0.1) is 29.1 Å². The number of carboxylic acid groups (broad SMARTS) is 1. The quantitative estimate of drug-likeness (QED) is 0.169. The first kappa shape index (κ1) is 28.6. The molecule has 10 heteroatoms. The maximum Gasteiger partial charge on any atom is 0.336 e. The molecule has 2 unspecified atom stereocenters. The van der Waals surface area contributed by atoms with Gasteiger partial charge in [0, 0.05) is 60.8 Å². The summed E-state index contributed by atoms with van der Waals surface area (Å²) < 4.78 is 0. The van der Waals surface area contributed by atoms with Crippen molar-refractivity contribution in [2.45, 2.75) is 31.8 Å². The van der Waals surface area contributed by atoms with Crippen LogP contribution in [0.4, 0.5) is 5.69 Å². The summed E-state index contributed by atoms with van der Waals surface area (Å²) in [6, 6.07) is 20.7. The van der Waals surface area contributed by atoms with Crippen LogP contribution in [0.15, 0.2) is 71.7 Å². The number of aromatic hydroxyl groups is 1. The van der Waals surface area contributed by atoms with Crippen LogP contribution in [0, 0.1) is 6.92 Å². The summed E-state index contributed by atoms with van der Waals surface area (Å²) >= 11 is 0. The molecule has 1 aromatic heterocycles. The van der Waals surface area contributed by atoms with Gasteiger partial charge in [-0.3, -0.25) is 14.5 Å². The van der Waals surface area contributed by atoms with Crippen LogP contribution in [0.2, 0.25) is 0 Å². The van der Waals surface area contributed by atoms with E-state index in [1.807, 2.05) is 30.3 Å². The third kappa shape index (κ3) is 5.77. The Hall–Kier alpha value is -4.51. The maximum absolute atomic E-state index is 13.1. The molecule has 0 saturated carbocycles. The summed E-state index contributed by atoms with van der Waals surface area (Å²) in [5.74, 6) is -1.40. The van der Waals surface area contributed by atoms with Gasteiger partial charge in [0.25, 0.3) is 5.91 Å². The van der Waals surface area contributed by atoms with E-state index in [1.165, 1.54) is 24.0 Å². The fourth-order valence-electron chi connectivity index (χ4n) is 6.23. The van der Waals surface area contributed by atoms with E-state index in [0.717, 1.165) is 25.2 Å². The molecule has 1 amide bonds. The van der Waals surface area contributed by atoms with E-state index in [2.05, 4.69) is 15.2 Å². The molecule has 2 saturated heterocycles. The Bertz CT molecular complexity index is 1670. The first-order valence-corrected chi connectivity index (χ1v) is 14.5. The Labute approximate surface area is 249 Å². The predicted molar refractivity (Wildman–Crippen MR) is 164 cm³/mol. The van der Waals surface area contributed by atoms with E-state index in [9.17, 15) is 19.8 Å². The number of aliphatic imine (C=N–C) groups is 1. The third-order valence-corrected chi connectivity index (χ3v) is 8.44. The predicted octanol–water partition coefficient (Wildman–Crippen LogP) is 4.49. The van der Waals surface area contributed by atoms with Gasteiger partial charge in [-0.2, -0.15) is 0 Å². The van der Waals surface area contributed by atoms with E-state index >= 15 is 0 Å². The molecular weight excluding hydrogens is 546 g/mol. The minimum absolute atomic E-state index is 0.112. The summed E-state index contributed by atoms with van der Waals surface area (Å²) in [6.07, 6.45) is 2.41. The molecule has 10 nitrogen and oxygen atoms in total. The molecule has 222 valence electrons. The number of carbonyl (C=O) groups excluding carboxylic acids is 1. The zero-order valence-corrected chi connectivity index (χ0v) is 24.2. The van der Waals surface area contributed by atoms with Crippen LogP contribution in [0.25, 0.3) is 10.9 Å². The Kier molecular flexibility index (Phi) is 7.98. The van der Waals surface area contributed by atoms with Crippen molar-refractivity contribution in [1.82, 2.24) is 20.3 Å². The number of carbonyl (C=O) groups is 2. The highest BCUT2D eigenvalue weighted by Gasteiger charge is 2.36. The number of rotatable bonds is 9. The van der Waals surface area contributed by atoms with Gasteiger partial charge in [-0.05, 0) is 61.7 Å². The number of piperazine rings is 1. The van der Waals surface area contributed by atoms with Gasteiger partial charge in [0.15, 0.2) is 5.88 Å². The lowest BCUT2D eigenvalue weighted by molar-refractivity contribution is -0.113. The number of aromatic carboxylic acids is 1. The van der Waals surface area contributed by atoms with Gasteiger partial charge >= 0.3 is 5.97 Å². The largest absolute Gasteiger partial charge is 0.494 e. The monoisotopic (exact) mass is 581 g/mol. The molecular formula is C33H35N5O5. The van der Waals surface area contributed by atoms with E-state index in [0.29, 0.717) is 57.7 Å². The topological polar surface area (TPSA) is 130 Å². The lowest BCUT2D eigenvalue weighted by atomic mass is 9.98. The van der Waals surface area contributed by atoms with Crippen molar-refractivity contribution in [3.8, 4) is 5.88 Å². The highest BCUT2D eigenvalue weighted by Crippen LogP contribution is 2.33. The molecule has 0 radical (unpaired) electrons. The number of H-pyrrole nitrogens is 1. The molecule has 2 fully saturated rings. The van der Waals surface area contributed by atoms with Crippen LogP contribution < -0.4 is 5.32 Å². The minimum Gasteiger partial charge on any atom is -0.494 e. The summed E-state index contributed by atoms with van der Waals surface area (Å²) in [5.41, 5.74) is 4.02. The first-order valence-electron chi connectivity index (χ1n) is 14.5. The fraction of sp³-hybridized carbons (Fsp3) is 0.303. The molecule has 4 N–H and O–H groups in total. The van der Waals surface area contributed by atoms with Crippen molar-refractivity contribution in [3.05, 3.63) is 94.5 Å². The smallest absolute Gasteiger partial charge is 0.336 e. The van der Waals surface area contributed by atoms with Crippen LogP contribution in [0.3, 0.4) is 0 Å². The number of carboxylic acids is 1. The van der Waals surface area contributed by atoms with Gasteiger partial charge < -0.3 is 20.5 Å². The first-order chi connectivity index (χ1) is 20.8. The standard InChI is InChI=1S/C33H35N5O5/c1-20-16-27-28(17-26(20)33(41)42)36-31(39)29(27)30(21-6-4-3-5-7-21)35-23-10-8-22(9-11-23)32(40)37(2)43-15-14-38-24-12-13-25(38)19-34-18-24/h3-11,16-17,24-25,34,36,39H,12-15,18-19H2,1-2H3,(H,41,42). The molecule has 0 aliphatic carbocycles. The lowest BCUT2D eigenvalue weighted by Gasteiger charge is -2.35. The number of nitrogens with zero attached hydrogens (tertiary/aromatic N) is 3. The van der Waals surface area contributed by atoms with Crippen LogP contribution in [0.5, 0.6) is 5.88 Å². The van der Waals surface area contributed by atoms with Crippen molar-refractivity contribution < 1.29 is 24.6 Å². The lowest BCUT2D eigenvalue weighted by Crippen LogP contribution is -2.52. The van der Waals surface area contributed by atoms with Crippen molar-refractivity contribution >= 4 is 34.2 Å². The molecule has 6 rings (SSSR count). The number of nitrogens with one attached hydrogen (secondary N) is 2. The van der Waals surface area contributed by atoms with Gasteiger partial charge in [-0.1, -0.05) is 30.3 Å². The molecule has 3 heterocycles. The Morgan fingerprint density at radius 1 is 1.02 bits per heavy atom. The van der Waals surface area contributed by atoms with E-state index < -0.39 is 5.97 Å². The molecule has 0 spiro atoms. The molecule has 2 aliphatic rings. The highest BCUT2D eigenvalue weighted by molar-refractivity contribution is 6.22. The van der Waals surface area contributed by atoms with Crippen LogP contribution >= 0.6 is 0 Å². The van der Waals surface area contributed by atoms with Gasteiger partial charge in [-0.15, -0.1) is 0 Å². The Balaban J connectivity index is 1.23. The zero-order chi connectivity index (χ0) is 30.1. The second-order valence-electron chi connectivity index (χ2n) is 11.2. The third-order valence-electron chi connectivity index (χ3n) is 8.44. The normalized spacial score (nSPS) is 18.7. The minimum atomic E-state index is -1.04. The van der Waals surface area contributed by atoms with Crippen molar-refractivity contribution in [1.29, 1.82) is 0 Å². The molecule has 4 aromatic rings. The average molecular weight is 582 g/mol. The van der Waals surface area contributed by atoms with Crippen molar-refractivity contribution in [2.75, 3.05) is 33.3 Å². The second-order valence-corrected chi connectivity index (χ2v) is 11.2. The number of fused-ring (bicyclic) bond motifs is 3. The number of hydrogen-bond donors (Lipinski definition) is 4. The Morgan fingerprint density at radius 2 is 1.72 bits per heavy atom. The van der Waals surface area contributed by atoms with E-state index in [4.69, 9.17) is 9.83 Å². The number of aromatic amines is 1. The van der Waals surface area contributed by atoms with E-state index in [1.54, 1.807) is 44.3 Å². The van der Waals surface area contributed by atoms with Crippen LogP contribution in [-0.2, 0) is 4.84 Å². The number of amides is 1. The highest BCUT2D eigenvalue weighted by atomic mass is 16.7. The molecule has 3 aromatic carbocycles. The van der Waals surface area contributed by atoms with Gasteiger partial charge in [0.1, 0.15) is 0 Å². The van der Waals surface area contributed by atoms with Gasteiger partial charge in [-0.25, -0.2) is 14.9 Å². The number of aryl methyl sites for hydroxylation is 1. The fourth-order valence-corrected chi connectivity index (χ4v) is 6.23. The Morgan fingerprint density at radius 3 is 2.40 bits per heavy atom. The number of hydroxylamine groups is 2. The maximum atomic E-state index is 13.1. The van der Waals surface area contributed by atoms with E-state index in [-0.39, 0.29) is 17.4 Å². The zero-order valence-electron chi connectivity index (χ0n) is 24.2. The van der Waals surface area contributed by atoms with Crippen molar-refractivity contribution in [2.24, 2.45) is 4.99 Å². The number of benzene rings is 3. The number of aromatic nitrogens is 1. The van der Waals surface area contributed by atoms with Crippen LogP contribution in [-0.4, -0.2) is 88.1 Å². The SMILES string of the molecule is Cc1cc2c(C(=Nc3ccc(C(=O)N(C)OCCN4C5CCC4CNC5)cc3)c3ccccc3)c(O)[nH]c2cc1C(=O)O. The van der Waals surface area contributed by atoms with Crippen molar-refractivity contribution in [3.63, 3.8) is 0 Å².